The lowest BCUT2D eigenvalue weighted by Crippen LogP contribution is -2.49. The van der Waals surface area contributed by atoms with E-state index in [0.717, 1.165) is 44.2 Å². The number of hydrogen-bond acceptors (Lipinski definition) is 6. The number of aromatic nitrogens is 1. The lowest BCUT2D eigenvalue weighted by molar-refractivity contribution is -0.132. The van der Waals surface area contributed by atoms with Crippen molar-refractivity contribution in [2.75, 3.05) is 39.8 Å². The number of piperazine rings is 1. The number of amides is 1. The third kappa shape index (κ3) is 4.66. The molecule has 1 fully saturated rings. The number of hydrogen-bond donors (Lipinski definition) is 0. The molecule has 130 valence electrons. The summed E-state index contributed by atoms with van der Waals surface area (Å²) < 4.78 is 5.11. The summed E-state index contributed by atoms with van der Waals surface area (Å²) >= 11 is 1.69. The molecule has 0 bridgehead atoms. The van der Waals surface area contributed by atoms with Crippen LogP contribution in [0.15, 0.2) is 28.1 Å². The number of thiophene rings is 1. The topological polar surface area (TPSA) is 52.8 Å². The first-order valence-corrected chi connectivity index (χ1v) is 9.11. The average molecular weight is 348 g/mol. The number of aryl methyl sites for hydroxylation is 1. The van der Waals surface area contributed by atoms with E-state index in [2.05, 4.69) is 21.0 Å². The highest BCUT2D eigenvalue weighted by Crippen LogP contribution is 2.12. The van der Waals surface area contributed by atoms with Gasteiger partial charge < -0.3 is 9.42 Å². The highest BCUT2D eigenvalue weighted by atomic mass is 32.1. The van der Waals surface area contributed by atoms with Gasteiger partial charge in [0.1, 0.15) is 5.76 Å². The fourth-order valence-electron chi connectivity index (χ4n) is 2.86. The second-order valence-electron chi connectivity index (χ2n) is 6.31. The third-order valence-electron chi connectivity index (χ3n) is 4.29. The van der Waals surface area contributed by atoms with Crippen molar-refractivity contribution in [2.45, 2.75) is 20.0 Å². The van der Waals surface area contributed by atoms with Crippen LogP contribution < -0.4 is 0 Å². The van der Waals surface area contributed by atoms with Gasteiger partial charge in [0.25, 0.3) is 0 Å². The van der Waals surface area contributed by atoms with Crippen LogP contribution in [0.1, 0.15) is 16.3 Å². The van der Waals surface area contributed by atoms with Gasteiger partial charge in [-0.1, -0.05) is 11.2 Å². The van der Waals surface area contributed by atoms with Crippen LogP contribution in [0.4, 0.5) is 0 Å². The van der Waals surface area contributed by atoms with Gasteiger partial charge in [-0.05, 0) is 18.4 Å². The molecule has 1 saturated heterocycles. The molecule has 3 rings (SSSR count). The van der Waals surface area contributed by atoms with Crippen molar-refractivity contribution in [3.8, 4) is 0 Å². The highest BCUT2D eigenvalue weighted by molar-refractivity contribution is 7.09. The molecule has 24 heavy (non-hydrogen) atoms. The SMILES string of the molecule is Cc1cc(CN2CCN(CC(=O)N(C)Cc3cccs3)CC2)no1. The van der Waals surface area contributed by atoms with Crippen molar-refractivity contribution < 1.29 is 9.32 Å². The Balaban J connectivity index is 1.40. The van der Waals surface area contributed by atoms with Crippen molar-refractivity contribution in [1.82, 2.24) is 19.9 Å². The Bertz CT molecular complexity index is 647. The summed E-state index contributed by atoms with van der Waals surface area (Å²) in [5.41, 5.74) is 0.979. The van der Waals surface area contributed by atoms with Crippen LogP contribution in [0.25, 0.3) is 0 Å². The smallest absolute Gasteiger partial charge is 0.236 e. The molecule has 0 radical (unpaired) electrons. The molecule has 7 heteroatoms. The van der Waals surface area contributed by atoms with Crippen LogP contribution in [0, 0.1) is 6.92 Å². The molecule has 0 unspecified atom stereocenters. The van der Waals surface area contributed by atoms with E-state index in [4.69, 9.17) is 4.52 Å². The van der Waals surface area contributed by atoms with E-state index in [0.29, 0.717) is 13.1 Å². The largest absolute Gasteiger partial charge is 0.361 e. The van der Waals surface area contributed by atoms with Crippen LogP contribution in [-0.2, 0) is 17.9 Å². The van der Waals surface area contributed by atoms with Gasteiger partial charge in [-0.25, -0.2) is 0 Å². The average Bonchev–Trinajstić information content (AvgIpc) is 3.21. The first-order valence-electron chi connectivity index (χ1n) is 8.23. The van der Waals surface area contributed by atoms with Gasteiger partial charge in [0.2, 0.25) is 5.91 Å². The van der Waals surface area contributed by atoms with Crippen LogP contribution in [-0.4, -0.2) is 65.5 Å². The quantitative estimate of drug-likeness (QED) is 0.797. The molecule has 1 aliphatic heterocycles. The minimum Gasteiger partial charge on any atom is -0.361 e. The van der Waals surface area contributed by atoms with Crippen molar-refractivity contribution in [3.05, 3.63) is 39.9 Å². The first-order chi connectivity index (χ1) is 11.6. The molecule has 6 nitrogen and oxygen atoms in total. The van der Waals surface area contributed by atoms with Gasteiger partial charge >= 0.3 is 0 Å². The molecule has 0 atom stereocenters. The van der Waals surface area contributed by atoms with E-state index in [1.54, 1.807) is 11.3 Å². The fraction of sp³-hybridized carbons (Fsp3) is 0.529. The summed E-state index contributed by atoms with van der Waals surface area (Å²) in [5, 5.41) is 6.09. The normalized spacial score (nSPS) is 16.4. The number of rotatable bonds is 6. The van der Waals surface area contributed by atoms with Gasteiger partial charge in [-0.2, -0.15) is 0 Å². The minimum atomic E-state index is 0.184. The monoisotopic (exact) mass is 348 g/mol. The molecular formula is C17H24N4O2S. The zero-order chi connectivity index (χ0) is 16.9. The fourth-order valence-corrected chi connectivity index (χ4v) is 3.62. The van der Waals surface area contributed by atoms with Gasteiger partial charge in [-0.15, -0.1) is 11.3 Å². The Labute approximate surface area is 146 Å². The van der Waals surface area contributed by atoms with Crippen molar-refractivity contribution in [1.29, 1.82) is 0 Å². The molecule has 1 aliphatic rings. The van der Waals surface area contributed by atoms with Crippen LogP contribution in [0.2, 0.25) is 0 Å². The Morgan fingerprint density at radius 3 is 2.71 bits per heavy atom. The molecule has 2 aromatic heterocycles. The molecule has 2 aromatic rings. The molecule has 0 saturated carbocycles. The number of carbonyl (C=O) groups is 1. The molecule has 0 spiro atoms. The molecular weight excluding hydrogens is 324 g/mol. The summed E-state index contributed by atoms with van der Waals surface area (Å²) in [6, 6.07) is 6.07. The summed E-state index contributed by atoms with van der Waals surface area (Å²) in [6.45, 7) is 7.65. The van der Waals surface area contributed by atoms with Crippen LogP contribution >= 0.6 is 11.3 Å². The highest BCUT2D eigenvalue weighted by Gasteiger charge is 2.21. The lowest BCUT2D eigenvalue weighted by atomic mass is 10.2. The van der Waals surface area contributed by atoms with Gasteiger partial charge in [0, 0.05) is 50.7 Å². The Kier molecular flexibility index (Phi) is 5.65. The Morgan fingerprint density at radius 2 is 2.08 bits per heavy atom. The first kappa shape index (κ1) is 17.1. The lowest BCUT2D eigenvalue weighted by Gasteiger charge is -2.34. The van der Waals surface area contributed by atoms with E-state index in [1.807, 2.05) is 36.4 Å². The van der Waals surface area contributed by atoms with E-state index >= 15 is 0 Å². The van der Waals surface area contributed by atoms with Crippen molar-refractivity contribution in [2.24, 2.45) is 0 Å². The molecule has 0 aliphatic carbocycles. The van der Waals surface area contributed by atoms with E-state index < -0.39 is 0 Å². The minimum absolute atomic E-state index is 0.184. The predicted octanol–water partition coefficient (Wildman–Crippen LogP) is 1.82. The Hall–Kier alpha value is -1.70. The molecule has 3 heterocycles. The second-order valence-corrected chi connectivity index (χ2v) is 7.34. The number of likely N-dealkylation sites (N-methyl/N-ethyl adjacent to an activating group) is 1. The van der Waals surface area contributed by atoms with Gasteiger partial charge in [-0.3, -0.25) is 14.6 Å². The molecule has 0 aromatic carbocycles. The maximum Gasteiger partial charge on any atom is 0.236 e. The number of nitrogens with zero attached hydrogens (tertiary/aromatic N) is 4. The van der Waals surface area contributed by atoms with E-state index in [1.165, 1.54) is 4.88 Å². The number of carbonyl (C=O) groups excluding carboxylic acids is 1. The zero-order valence-electron chi connectivity index (χ0n) is 14.3. The molecule has 0 N–H and O–H groups in total. The zero-order valence-corrected chi connectivity index (χ0v) is 15.1. The maximum absolute atomic E-state index is 12.4. The summed E-state index contributed by atoms with van der Waals surface area (Å²) in [6.07, 6.45) is 0. The van der Waals surface area contributed by atoms with E-state index in [9.17, 15) is 4.79 Å². The summed E-state index contributed by atoms with van der Waals surface area (Å²) in [4.78, 5) is 20.0. The predicted molar refractivity (Wildman–Crippen MR) is 93.8 cm³/mol. The molecule has 1 amide bonds. The second kappa shape index (κ2) is 7.92. The van der Waals surface area contributed by atoms with Crippen molar-refractivity contribution >= 4 is 17.2 Å². The van der Waals surface area contributed by atoms with E-state index in [-0.39, 0.29) is 5.91 Å². The van der Waals surface area contributed by atoms with Crippen LogP contribution in [0.3, 0.4) is 0 Å². The van der Waals surface area contributed by atoms with Crippen LogP contribution in [0.5, 0.6) is 0 Å². The van der Waals surface area contributed by atoms with Crippen molar-refractivity contribution in [3.63, 3.8) is 0 Å². The maximum atomic E-state index is 12.4. The van der Waals surface area contributed by atoms with Gasteiger partial charge in [0.15, 0.2) is 0 Å². The third-order valence-corrected chi connectivity index (χ3v) is 5.15. The summed E-state index contributed by atoms with van der Waals surface area (Å²) in [5.74, 6) is 1.03. The Morgan fingerprint density at radius 1 is 1.33 bits per heavy atom. The standard InChI is InChI=1S/C17H24N4O2S/c1-14-10-15(18-23-14)11-20-5-7-21(8-6-20)13-17(22)19(2)12-16-4-3-9-24-16/h3-4,9-10H,5-8,11-13H2,1-2H3. The summed E-state index contributed by atoms with van der Waals surface area (Å²) in [7, 11) is 1.88. The van der Waals surface area contributed by atoms with Gasteiger partial charge in [0.05, 0.1) is 18.8 Å².